The smallest absolute Gasteiger partial charge is 0.134 e. The van der Waals surface area contributed by atoms with Gasteiger partial charge in [-0.15, -0.1) is 11.3 Å². The number of thiazole rings is 1. The van der Waals surface area contributed by atoms with Crippen LogP contribution in [0.2, 0.25) is 0 Å². The van der Waals surface area contributed by atoms with E-state index >= 15 is 0 Å². The van der Waals surface area contributed by atoms with E-state index in [1.807, 2.05) is 49.6 Å². The standard InChI is InChI=1S/C14H12N2S/c1-10-5-3-4-6-12(10)7-13(8-15)14-16-11(2)9-17-14/h3-7,9H,1-2H3/b13-7+. The molecule has 2 nitrogen and oxygen atoms in total. The molecule has 0 unspecified atom stereocenters. The van der Waals surface area contributed by atoms with E-state index in [1.54, 1.807) is 0 Å². The normalized spacial score (nSPS) is 11.2. The van der Waals surface area contributed by atoms with E-state index in [2.05, 4.69) is 11.1 Å². The van der Waals surface area contributed by atoms with Crippen LogP contribution < -0.4 is 0 Å². The minimum absolute atomic E-state index is 0.623. The van der Waals surface area contributed by atoms with E-state index < -0.39 is 0 Å². The second-order valence-electron chi connectivity index (χ2n) is 3.82. The van der Waals surface area contributed by atoms with Crippen molar-refractivity contribution in [3.8, 4) is 6.07 Å². The summed E-state index contributed by atoms with van der Waals surface area (Å²) >= 11 is 1.51. The number of hydrogen-bond acceptors (Lipinski definition) is 3. The minimum atomic E-state index is 0.623. The first-order chi connectivity index (χ1) is 8.20. The summed E-state index contributed by atoms with van der Waals surface area (Å²) in [4.78, 5) is 4.34. The summed E-state index contributed by atoms with van der Waals surface area (Å²) in [5.74, 6) is 0. The van der Waals surface area contributed by atoms with Gasteiger partial charge in [0, 0.05) is 11.1 Å². The van der Waals surface area contributed by atoms with Crippen LogP contribution in [0.15, 0.2) is 29.6 Å². The number of benzene rings is 1. The van der Waals surface area contributed by atoms with Crippen LogP contribution in [-0.2, 0) is 0 Å². The lowest BCUT2D eigenvalue weighted by Crippen LogP contribution is -1.84. The van der Waals surface area contributed by atoms with Gasteiger partial charge in [0.1, 0.15) is 11.1 Å². The molecule has 0 N–H and O–H groups in total. The molecule has 0 aliphatic carbocycles. The highest BCUT2D eigenvalue weighted by Gasteiger charge is 2.06. The van der Waals surface area contributed by atoms with Crippen molar-refractivity contribution >= 4 is 23.0 Å². The summed E-state index contributed by atoms with van der Waals surface area (Å²) in [6, 6.07) is 10.2. The molecule has 3 heteroatoms. The van der Waals surface area contributed by atoms with Crippen LogP contribution in [0.1, 0.15) is 21.8 Å². The molecule has 0 aliphatic heterocycles. The zero-order valence-corrected chi connectivity index (χ0v) is 10.6. The molecular weight excluding hydrogens is 228 g/mol. The molecule has 1 heterocycles. The maximum absolute atomic E-state index is 9.19. The van der Waals surface area contributed by atoms with Gasteiger partial charge in [-0.25, -0.2) is 4.98 Å². The number of nitriles is 1. The Balaban J connectivity index is 2.44. The van der Waals surface area contributed by atoms with Gasteiger partial charge >= 0.3 is 0 Å². The van der Waals surface area contributed by atoms with Crippen LogP contribution in [0.3, 0.4) is 0 Å². The van der Waals surface area contributed by atoms with Crippen LogP contribution in [0, 0.1) is 25.2 Å². The molecule has 0 amide bonds. The van der Waals surface area contributed by atoms with E-state index in [-0.39, 0.29) is 0 Å². The molecule has 0 saturated heterocycles. The van der Waals surface area contributed by atoms with Gasteiger partial charge in [0.15, 0.2) is 0 Å². The maximum Gasteiger partial charge on any atom is 0.134 e. The molecule has 1 aromatic carbocycles. The molecule has 0 aliphatic rings. The second-order valence-corrected chi connectivity index (χ2v) is 4.68. The van der Waals surface area contributed by atoms with Gasteiger partial charge in [-0.3, -0.25) is 0 Å². The number of aryl methyl sites for hydroxylation is 2. The highest BCUT2D eigenvalue weighted by molar-refractivity contribution is 7.11. The van der Waals surface area contributed by atoms with Gasteiger partial charge in [0.25, 0.3) is 0 Å². The zero-order chi connectivity index (χ0) is 12.3. The largest absolute Gasteiger partial charge is 0.241 e. The number of hydrogen-bond donors (Lipinski definition) is 0. The zero-order valence-electron chi connectivity index (χ0n) is 9.77. The van der Waals surface area contributed by atoms with Gasteiger partial charge in [-0.05, 0) is 31.1 Å². The highest BCUT2D eigenvalue weighted by atomic mass is 32.1. The van der Waals surface area contributed by atoms with Crippen molar-refractivity contribution in [1.82, 2.24) is 4.98 Å². The van der Waals surface area contributed by atoms with Crippen molar-refractivity contribution in [2.24, 2.45) is 0 Å². The van der Waals surface area contributed by atoms with Gasteiger partial charge < -0.3 is 0 Å². The van der Waals surface area contributed by atoms with Crippen molar-refractivity contribution in [3.63, 3.8) is 0 Å². The highest BCUT2D eigenvalue weighted by Crippen LogP contribution is 2.22. The molecule has 2 rings (SSSR count). The summed E-state index contributed by atoms with van der Waals surface area (Å²) in [7, 11) is 0. The number of aromatic nitrogens is 1. The Morgan fingerprint density at radius 1 is 1.35 bits per heavy atom. The lowest BCUT2D eigenvalue weighted by molar-refractivity contribution is 1.25. The number of allylic oxidation sites excluding steroid dienone is 1. The Bertz CT molecular complexity index is 603. The monoisotopic (exact) mass is 240 g/mol. The van der Waals surface area contributed by atoms with Crippen LogP contribution in [0.4, 0.5) is 0 Å². The molecule has 84 valence electrons. The van der Waals surface area contributed by atoms with Crippen molar-refractivity contribution in [1.29, 1.82) is 5.26 Å². The van der Waals surface area contributed by atoms with Crippen LogP contribution >= 0.6 is 11.3 Å². The fraction of sp³-hybridized carbons (Fsp3) is 0.143. The van der Waals surface area contributed by atoms with Crippen molar-refractivity contribution in [2.75, 3.05) is 0 Å². The summed E-state index contributed by atoms with van der Waals surface area (Å²) < 4.78 is 0. The van der Waals surface area contributed by atoms with E-state index in [4.69, 9.17) is 0 Å². The van der Waals surface area contributed by atoms with E-state index in [9.17, 15) is 5.26 Å². The van der Waals surface area contributed by atoms with Crippen LogP contribution in [0.25, 0.3) is 11.6 Å². The SMILES string of the molecule is Cc1csc(/C(C#N)=C/c2ccccc2C)n1. The average Bonchev–Trinajstić information content (AvgIpc) is 2.75. The first kappa shape index (κ1) is 11.6. The fourth-order valence-corrected chi connectivity index (χ4v) is 2.29. The quantitative estimate of drug-likeness (QED) is 0.748. The maximum atomic E-state index is 9.19. The summed E-state index contributed by atoms with van der Waals surface area (Å²) in [5.41, 5.74) is 3.80. The van der Waals surface area contributed by atoms with Crippen LogP contribution in [0.5, 0.6) is 0 Å². The first-order valence-corrected chi connectivity index (χ1v) is 6.18. The Hall–Kier alpha value is -1.92. The minimum Gasteiger partial charge on any atom is -0.241 e. The molecular formula is C14H12N2S. The van der Waals surface area contributed by atoms with Gasteiger partial charge in [-0.1, -0.05) is 24.3 Å². The lowest BCUT2D eigenvalue weighted by atomic mass is 10.1. The molecule has 0 spiro atoms. The fourth-order valence-electron chi connectivity index (χ4n) is 1.52. The topological polar surface area (TPSA) is 36.7 Å². The summed E-state index contributed by atoms with van der Waals surface area (Å²) in [5, 5.41) is 11.9. The Morgan fingerprint density at radius 3 is 2.71 bits per heavy atom. The second kappa shape index (κ2) is 4.94. The van der Waals surface area contributed by atoms with Crippen molar-refractivity contribution in [2.45, 2.75) is 13.8 Å². The molecule has 2 aromatic rings. The van der Waals surface area contributed by atoms with Crippen LogP contribution in [-0.4, -0.2) is 4.98 Å². The average molecular weight is 240 g/mol. The lowest BCUT2D eigenvalue weighted by Gasteiger charge is -1.99. The third-order valence-electron chi connectivity index (χ3n) is 2.46. The number of rotatable bonds is 2. The third-order valence-corrected chi connectivity index (χ3v) is 3.45. The van der Waals surface area contributed by atoms with E-state index in [1.165, 1.54) is 11.3 Å². The Labute approximate surface area is 105 Å². The summed E-state index contributed by atoms with van der Waals surface area (Å²) in [6.07, 6.45) is 1.90. The Morgan fingerprint density at radius 2 is 2.12 bits per heavy atom. The van der Waals surface area contributed by atoms with E-state index in [0.717, 1.165) is 21.8 Å². The van der Waals surface area contributed by atoms with Gasteiger partial charge in [0.05, 0.1) is 5.57 Å². The van der Waals surface area contributed by atoms with Crippen molar-refractivity contribution in [3.05, 3.63) is 51.5 Å². The third kappa shape index (κ3) is 2.61. The van der Waals surface area contributed by atoms with Crippen molar-refractivity contribution < 1.29 is 0 Å². The Kier molecular flexibility index (Phi) is 3.36. The molecule has 17 heavy (non-hydrogen) atoms. The molecule has 0 bridgehead atoms. The first-order valence-electron chi connectivity index (χ1n) is 5.30. The predicted molar refractivity (Wildman–Crippen MR) is 71.5 cm³/mol. The summed E-state index contributed by atoms with van der Waals surface area (Å²) in [6.45, 7) is 3.97. The van der Waals surface area contributed by atoms with Gasteiger partial charge in [-0.2, -0.15) is 5.26 Å². The molecule has 0 atom stereocenters. The van der Waals surface area contributed by atoms with E-state index in [0.29, 0.717) is 5.57 Å². The predicted octanol–water partition coefficient (Wildman–Crippen LogP) is 3.82. The molecule has 0 saturated carbocycles. The van der Waals surface area contributed by atoms with Gasteiger partial charge in [0.2, 0.25) is 0 Å². The molecule has 0 fully saturated rings. The molecule has 0 radical (unpaired) electrons. The molecule has 1 aromatic heterocycles. The number of nitrogens with zero attached hydrogens (tertiary/aromatic N) is 2.